The smallest absolute Gasteiger partial charge is 0.305 e. The number of esters is 1. The number of rotatable bonds is 6. The van der Waals surface area contributed by atoms with Gasteiger partial charge in [-0.3, -0.25) is 4.79 Å². The van der Waals surface area contributed by atoms with E-state index >= 15 is 0 Å². The Kier molecular flexibility index (Phi) is 6.43. The first-order valence-corrected chi connectivity index (χ1v) is 5.12. The number of allylic oxidation sites excluding steroid dienone is 3. The van der Waals surface area contributed by atoms with Crippen LogP contribution in [-0.4, -0.2) is 12.6 Å². The van der Waals surface area contributed by atoms with Crippen molar-refractivity contribution in [3.05, 3.63) is 36.5 Å². The number of hydrogen-bond donors (Lipinski definition) is 0. The van der Waals surface area contributed by atoms with Crippen molar-refractivity contribution in [2.75, 3.05) is 6.61 Å². The highest BCUT2D eigenvalue weighted by molar-refractivity contribution is 5.69. The minimum atomic E-state index is -0.173. The topological polar surface area (TPSA) is 26.3 Å². The second kappa shape index (κ2) is 7.04. The molecule has 0 rings (SSSR count). The maximum absolute atomic E-state index is 10.9. The molecule has 1 unspecified atom stereocenters. The van der Waals surface area contributed by atoms with Crippen LogP contribution in [0, 0.1) is 5.92 Å². The summed E-state index contributed by atoms with van der Waals surface area (Å²) in [7, 11) is 0. The van der Waals surface area contributed by atoms with Gasteiger partial charge in [0.15, 0.2) is 0 Å². The van der Waals surface area contributed by atoms with Crippen LogP contribution in [0.1, 0.15) is 27.2 Å². The van der Waals surface area contributed by atoms with E-state index < -0.39 is 0 Å². The van der Waals surface area contributed by atoms with E-state index in [9.17, 15) is 4.79 Å². The molecular formula is C13H20O2. The fourth-order valence-electron chi connectivity index (χ4n) is 1.06. The molecule has 0 amide bonds. The van der Waals surface area contributed by atoms with Crippen LogP contribution in [0.2, 0.25) is 0 Å². The second-order valence-electron chi connectivity index (χ2n) is 3.64. The van der Waals surface area contributed by atoms with Crippen molar-refractivity contribution in [3.63, 3.8) is 0 Å². The molecule has 0 saturated heterocycles. The Bertz CT molecular complexity index is 274. The highest BCUT2D eigenvalue weighted by Crippen LogP contribution is 2.13. The summed E-state index contributed by atoms with van der Waals surface area (Å²) in [5.74, 6) is -0.0152. The van der Waals surface area contributed by atoms with Gasteiger partial charge in [0, 0.05) is 12.3 Å². The maximum atomic E-state index is 10.9. The molecule has 2 heteroatoms. The average molecular weight is 208 g/mol. The predicted molar refractivity (Wildman–Crippen MR) is 63.5 cm³/mol. The van der Waals surface area contributed by atoms with Crippen LogP contribution in [-0.2, 0) is 9.53 Å². The molecule has 0 aliphatic carbocycles. The van der Waals surface area contributed by atoms with Gasteiger partial charge in [0.05, 0.1) is 0 Å². The van der Waals surface area contributed by atoms with Gasteiger partial charge in [-0.2, -0.15) is 0 Å². The second-order valence-corrected chi connectivity index (χ2v) is 3.64. The molecule has 15 heavy (non-hydrogen) atoms. The Morgan fingerprint density at radius 1 is 1.47 bits per heavy atom. The molecule has 84 valence electrons. The van der Waals surface area contributed by atoms with Crippen LogP contribution in [0.4, 0.5) is 0 Å². The monoisotopic (exact) mass is 208 g/mol. The summed E-state index contributed by atoms with van der Waals surface area (Å²) in [6.45, 7) is 13.6. The van der Waals surface area contributed by atoms with E-state index in [1.807, 2.05) is 26.0 Å². The molecule has 0 spiro atoms. The molecule has 1 atom stereocenters. The zero-order valence-electron chi connectivity index (χ0n) is 9.88. The van der Waals surface area contributed by atoms with Gasteiger partial charge < -0.3 is 4.74 Å². The predicted octanol–water partition coefficient (Wildman–Crippen LogP) is 3.26. The molecule has 0 aromatic carbocycles. The average Bonchev–Trinajstić information content (AvgIpc) is 2.21. The van der Waals surface area contributed by atoms with Gasteiger partial charge in [0.2, 0.25) is 0 Å². The minimum Gasteiger partial charge on any atom is -0.461 e. The number of carbonyl (C=O) groups excluding carboxylic acids is 1. The first-order chi connectivity index (χ1) is 7.01. The molecule has 0 aromatic rings. The van der Waals surface area contributed by atoms with Gasteiger partial charge in [-0.1, -0.05) is 31.2 Å². The standard InChI is InChI=1S/C13H20O2/c1-6-12(10(3)4)8-11(5)9-15-13(14)7-2/h6,8,12H,1,3,7,9H2,2,4-5H3. The van der Waals surface area contributed by atoms with Crippen LogP contribution in [0.15, 0.2) is 36.5 Å². The first-order valence-electron chi connectivity index (χ1n) is 5.12. The van der Waals surface area contributed by atoms with Crippen molar-refractivity contribution in [2.24, 2.45) is 5.92 Å². The highest BCUT2D eigenvalue weighted by Gasteiger charge is 2.03. The SMILES string of the molecule is C=CC(C=C(C)COC(=O)CC)C(=C)C. The van der Waals surface area contributed by atoms with E-state index in [0.717, 1.165) is 11.1 Å². The fraction of sp³-hybridized carbons (Fsp3) is 0.462. The van der Waals surface area contributed by atoms with E-state index in [2.05, 4.69) is 13.2 Å². The molecule has 0 aromatic heterocycles. The fourth-order valence-corrected chi connectivity index (χ4v) is 1.06. The Hall–Kier alpha value is -1.31. The van der Waals surface area contributed by atoms with E-state index in [4.69, 9.17) is 4.74 Å². The quantitative estimate of drug-likeness (QED) is 0.494. The lowest BCUT2D eigenvalue weighted by Gasteiger charge is -2.09. The molecule has 0 heterocycles. The minimum absolute atomic E-state index is 0.158. The molecule has 0 aliphatic rings. The van der Waals surface area contributed by atoms with E-state index in [1.54, 1.807) is 6.92 Å². The van der Waals surface area contributed by atoms with Crippen LogP contribution >= 0.6 is 0 Å². The Balaban J connectivity index is 4.23. The summed E-state index contributed by atoms with van der Waals surface area (Å²) in [5.41, 5.74) is 2.05. The highest BCUT2D eigenvalue weighted by atomic mass is 16.5. The maximum Gasteiger partial charge on any atom is 0.305 e. The third kappa shape index (κ3) is 5.89. The van der Waals surface area contributed by atoms with E-state index in [1.165, 1.54) is 0 Å². The lowest BCUT2D eigenvalue weighted by Crippen LogP contribution is -2.05. The van der Waals surface area contributed by atoms with Gasteiger partial charge in [-0.15, -0.1) is 6.58 Å². The zero-order chi connectivity index (χ0) is 11.8. The molecule has 0 N–H and O–H groups in total. The van der Waals surface area contributed by atoms with Crippen molar-refractivity contribution in [1.82, 2.24) is 0 Å². The number of hydrogen-bond acceptors (Lipinski definition) is 2. The summed E-state index contributed by atoms with van der Waals surface area (Å²) in [6, 6.07) is 0. The summed E-state index contributed by atoms with van der Waals surface area (Å²) in [5, 5.41) is 0. The number of carbonyl (C=O) groups is 1. The summed E-state index contributed by atoms with van der Waals surface area (Å²) < 4.78 is 5.01. The summed E-state index contributed by atoms with van der Waals surface area (Å²) in [4.78, 5) is 10.9. The first kappa shape index (κ1) is 13.7. The van der Waals surface area contributed by atoms with Crippen molar-refractivity contribution < 1.29 is 9.53 Å². The van der Waals surface area contributed by atoms with E-state index in [-0.39, 0.29) is 11.9 Å². The van der Waals surface area contributed by atoms with Gasteiger partial charge >= 0.3 is 5.97 Å². The van der Waals surface area contributed by atoms with Crippen LogP contribution in [0.5, 0.6) is 0 Å². The molecule has 0 fully saturated rings. The zero-order valence-corrected chi connectivity index (χ0v) is 9.88. The van der Waals surface area contributed by atoms with Gasteiger partial charge in [-0.25, -0.2) is 0 Å². The lowest BCUT2D eigenvalue weighted by molar-refractivity contribution is -0.142. The molecular weight excluding hydrogens is 188 g/mol. The summed E-state index contributed by atoms with van der Waals surface area (Å²) in [6.07, 6.45) is 4.25. The lowest BCUT2D eigenvalue weighted by atomic mass is 10.00. The summed E-state index contributed by atoms with van der Waals surface area (Å²) >= 11 is 0. The van der Waals surface area contributed by atoms with Crippen LogP contribution < -0.4 is 0 Å². The largest absolute Gasteiger partial charge is 0.461 e. The normalized spacial score (nSPS) is 13.1. The van der Waals surface area contributed by atoms with Crippen molar-refractivity contribution >= 4 is 5.97 Å². The van der Waals surface area contributed by atoms with Gasteiger partial charge in [0.25, 0.3) is 0 Å². The number of ether oxygens (including phenoxy) is 1. The molecule has 2 nitrogen and oxygen atoms in total. The van der Waals surface area contributed by atoms with E-state index in [0.29, 0.717) is 13.0 Å². The third-order valence-electron chi connectivity index (χ3n) is 2.04. The van der Waals surface area contributed by atoms with Gasteiger partial charge in [-0.05, 0) is 19.4 Å². The molecule has 0 bridgehead atoms. The Morgan fingerprint density at radius 3 is 2.47 bits per heavy atom. The van der Waals surface area contributed by atoms with Crippen LogP contribution in [0.25, 0.3) is 0 Å². The van der Waals surface area contributed by atoms with Gasteiger partial charge in [0.1, 0.15) is 6.61 Å². The molecule has 0 saturated carbocycles. The van der Waals surface area contributed by atoms with Crippen molar-refractivity contribution in [1.29, 1.82) is 0 Å². The van der Waals surface area contributed by atoms with Crippen molar-refractivity contribution in [2.45, 2.75) is 27.2 Å². The molecule has 0 radical (unpaired) electrons. The van der Waals surface area contributed by atoms with Crippen molar-refractivity contribution in [3.8, 4) is 0 Å². The Labute approximate surface area is 92.3 Å². The van der Waals surface area contributed by atoms with Crippen LogP contribution in [0.3, 0.4) is 0 Å². The Morgan fingerprint density at radius 2 is 2.07 bits per heavy atom. The third-order valence-corrected chi connectivity index (χ3v) is 2.04. The molecule has 0 aliphatic heterocycles.